The SMILES string of the molecule is CCC(C)NC(=O)c1cccc(-c2cnn(C)c2)c1. The lowest BCUT2D eigenvalue weighted by molar-refractivity contribution is 0.0939. The van der Waals surface area contributed by atoms with Crippen molar-refractivity contribution in [3.05, 3.63) is 42.2 Å². The van der Waals surface area contributed by atoms with Crippen molar-refractivity contribution in [2.75, 3.05) is 0 Å². The maximum absolute atomic E-state index is 12.1. The minimum Gasteiger partial charge on any atom is -0.350 e. The first-order valence-corrected chi connectivity index (χ1v) is 6.50. The standard InChI is InChI=1S/C15H19N3O/c1-4-11(2)17-15(19)13-7-5-6-12(8-13)14-9-16-18(3)10-14/h5-11H,4H2,1-3H3,(H,17,19). The average Bonchev–Trinajstić information content (AvgIpc) is 2.85. The van der Waals surface area contributed by atoms with Crippen molar-refractivity contribution in [1.29, 1.82) is 0 Å². The fourth-order valence-electron chi connectivity index (χ4n) is 1.82. The molecule has 0 aliphatic rings. The van der Waals surface area contributed by atoms with Crippen LogP contribution in [0.3, 0.4) is 0 Å². The van der Waals surface area contributed by atoms with E-state index in [-0.39, 0.29) is 11.9 Å². The molecular formula is C15H19N3O. The molecule has 2 rings (SSSR count). The van der Waals surface area contributed by atoms with E-state index in [1.807, 2.05) is 44.4 Å². The molecule has 0 bridgehead atoms. The van der Waals surface area contributed by atoms with Gasteiger partial charge in [0.25, 0.3) is 5.91 Å². The van der Waals surface area contributed by atoms with Gasteiger partial charge in [-0.3, -0.25) is 9.48 Å². The lowest BCUT2D eigenvalue weighted by Crippen LogP contribution is -2.31. The van der Waals surface area contributed by atoms with Crippen molar-refractivity contribution >= 4 is 5.91 Å². The molecule has 0 aliphatic heterocycles. The second-order valence-corrected chi connectivity index (χ2v) is 4.77. The molecule has 2 aromatic rings. The molecule has 0 saturated carbocycles. The maximum atomic E-state index is 12.1. The largest absolute Gasteiger partial charge is 0.350 e. The predicted octanol–water partition coefficient (Wildman–Crippen LogP) is 2.62. The van der Waals surface area contributed by atoms with Crippen LogP contribution in [0.15, 0.2) is 36.7 Å². The number of nitrogens with zero attached hydrogens (tertiary/aromatic N) is 2. The third-order valence-corrected chi connectivity index (χ3v) is 3.15. The monoisotopic (exact) mass is 257 g/mol. The Morgan fingerprint density at radius 2 is 2.21 bits per heavy atom. The first kappa shape index (κ1) is 13.3. The zero-order valence-electron chi connectivity index (χ0n) is 11.6. The highest BCUT2D eigenvalue weighted by atomic mass is 16.1. The number of aromatic nitrogens is 2. The zero-order valence-corrected chi connectivity index (χ0v) is 11.6. The van der Waals surface area contributed by atoms with Crippen molar-refractivity contribution in [2.45, 2.75) is 26.3 Å². The van der Waals surface area contributed by atoms with Crippen molar-refractivity contribution < 1.29 is 4.79 Å². The summed E-state index contributed by atoms with van der Waals surface area (Å²) in [6, 6.07) is 7.80. The number of benzene rings is 1. The number of carbonyl (C=O) groups excluding carboxylic acids is 1. The number of hydrogen-bond donors (Lipinski definition) is 1. The topological polar surface area (TPSA) is 46.9 Å². The third-order valence-electron chi connectivity index (χ3n) is 3.15. The van der Waals surface area contributed by atoms with Gasteiger partial charge in [-0.2, -0.15) is 5.10 Å². The molecule has 4 nitrogen and oxygen atoms in total. The maximum Gasteiger partial charge on any atom is 0.251 e. The van der Waals surface area contributed by atoms with Crippen LogP contribution in [0.4, 0.5) is 0 Å². The summed E-state index contributed by atoms with van der Waals surface area (Å²) in [5.74, 6) is -0.0277. The van der Waals surface area contributed by atoms with Gasteiger partial charge in [-0.1, -0.05) is 19.1 Å². The zero-order chi connectivity index (χ0) is 13.8. The van der Waals surface area contributed by atoms with Gasteiger partial charge in [-0.15, -0.1) is 0 Å². The highest BCUT2D eigenvalue weighted by Gasteiger charge is 2.09. The van der Waals surface area contributed by atoms with E-state index in [9.17, 15) is 4.79 Å². The molecule has 1 amide bonds. The number of nitrogens with one attached hydrogen (secondary N) is 1. The number of hydrogen-bond acceptors (Lipinski definition) is 2. The molecule has 1 aromatic heterocycles. The van der Waals surface area contributed by atoms with Gasteiger partial charge in [0.15, 0.2) is 0 Å². The second-order valence-electron chi connectivity index (χ2n) is 4.77. The summed E-state index contributed by atoms with van der Waals surface area (Å²) in [7, 11) is 1.88. The van der Waals surface area contributed by atoms with Crippen molar-refractivity contribution in [3.63, 3.8) is 0 Å². The van der Waals surface area contributed by atoms with Crippen LogP contribution in [-0.2, 0) is 7.05 Å². The van der Waals surface area contributed by atoms with Crippen molar-refractivity contribution in [3.8, 4) is 11.1 Å². The minimum atomic E-state index is -0.0277. The Morgan fingerprint density at radius 1 is 1.42 bits per heavy atom. The fraction of sp³-hybridized carbons (Fsp3) is 0.333. The van der Waals surface area contributed by atoms with Crippen LogP contribution in [0.5, 0.6) is 0 Å². The Balaban J connectivity index is 2.22. The van der Waals surface area contributed by atoms with E-state index in [4.69, 9.17) is 0 Å². The Bertz CT molecular complexity index is 574. The van der Waals surface area contributed by atoms with Gasteiger partial charge in [0.2, 0.25) is 0 Å². The van der Waals surface area contributed by atoms with Crippen LogP contribution >= 0.6 is 0 Å². The first-order chi connectivity index (χ1) is 9.10. The number of carbonyl (C=O) groups is 1. The quantitative estimate of drug-likeness (QED) is 0.915. The van der Waals surface area contributed by atoms with E-state index in [1.54, 1.807) is 10.9 Å². The van der Waals surface area contributed by atoms with Gasteiger partial charge in [0.05, 0.1) is 6.20 Å². The summed E-state index contributed by atoms with van der Waals surface area (Å²) in [5.41, 5.74) is 2.70. The number of amides is 1. The summed E-state index contributed by atoms with van der Waals surface area (Å²) in [5, 5.41) is 7.12. The molecule has 1 unspecified atom stereocenters. The van der Waals surface area contributed by atoms with E-state index < -0.39 is 0 Å². The molecule has 0 saturated heterocycles. The van der Waals surface area contributed by atoms with Crippen molar-refractivity contribution in [1.82, 2.24) is 15.1 Å². The van der Waals surface area contributed by atoms with Crippen LogP contribution in [0.2, 0.25) is 0 Å². The van der Waals surface area contributed by atoms with Gasteiger partial charge >= 0.3 is 0 Å². The van der Waals surface area contributed by atoms with Crippen LogP contribution in [0.1, 0.15) is 30.6 Å². The van der Waals surface area contributed by atoms with Crippen LogP contribution < -0.4 is 5.32 Å². The van der Waals surface area contributed by atoms with Crippen LogP contribution in [0.25, 0.3) is 11.1 Å². The predicted molar refractivity (Wildman–Crippen MR) is 75.9 cm³/mol. The molecule has 0 radical (unpaired) electrons. The molecule has 0 spiro atoms. The molecule has 1 N–H and O–H groups in total. The Hall–Kier alpha value is -2.10. The smallest absolute Gasteiger partial charge is 0.251 e. The number of aryl methyl sites for hydroxylation is 1. The molecular weight excluding hydrogens is 238 g/mol. The Morgan fingerprint density at radius 3 is 2.84 bits per heavy atom. The molecule has 100 valence electrons. The number of rotatable bonds is 4. The summed E-state index contributed by atoms with van der Waals surface area (Å²) in [6.07, 6.45) is 4.66. The molecule has 0 fully saturated rings. The van der Waals surface area contributed by atoms with E-state index in [0.29, 0.717) is 5.56 Å². The molecule has 4 heteroatoms. The first-order valence-electron chi connectivity index (χ1n) is 6.50. The fourth-order valence-corrected chi connectivity index (χ4v) is 1.82. The average molecular weight is 257 g/mol. The molecule has 1 heterocycles. The van der Waals surface area contributed by atoms with Gasteiger partial charge in [-0.25, -0.2) is 0 Å². The Labute approximate surface area is 113 Å². The summed E-state index contributed by atoms with van der Waals surface area (Å²) >= 11 is 0. The molecule has 19 heavy (non-hydrogen) atoms. The van der Waals surface area contributed by atoms with Crippen molar-refractivity contribution in [2.24, 2.45) is 7.05 Å². The van der Waals surface area contributed by atoms with Gasteiger partial charge in [0, 0.05) is 30.4 Å². The van der Waals surface area contributed by atoms with Crippen LogP contribution in [-0.4, -0.2) is 21.7 Å². The summed E-state index contributed by atoms with van der Waals surface area (Å²) < 4.78 is 1.75. The molecule has 1 aromatic carbocycles. The highest BCUT2D eigenvalue weighted by Crippen LogP contribution is 2.19. The second kappa shape index (κ2) is 5.69. The van der Waals surface area contributed by atoms with E-state index in [2.05, 4.69) is 17.3 Å². The lowest BCUT2D eigenvalue weighted by Gasteiger charge is -2.11. The van der Waals surface area contributed by atoms with E-state index in [1.165, 1.54) is 0 Å². The highest BCUT2D eigenvalue weighted by molar-refractivity contribution is 5.95. The summed E-state index contributed by atoms with van der Waals surface area (Å²) in [6.45, 7) is 4.06. The van der Waals surface area contributed by atoms with Gasteiger partial charge < -0.3 is 5.32 Å². The summed E-state index contributed by atoms with van der Waals surface area (Å²) in [4.78, 5) is 12.1. The van der Waals surface area contributed by atoms with E-state index >= 15 is 0 Å². The molecule has 1 atom stereocenters. The minimum absolute atomic E-state index is 0.0277. The van der Waals surface area contributed by atoms with Crippen LogP contribution in [0, 0.1) is 0 Å². The lowest BCUT2D eigenvalue weighted by atomic mass is 10.1. The van der Waals surface area contributed by atoms with E-state index in [0.717, 1.165) is 17.5 Å². The van der Waals surface area contributed by atoms with Gasteiger partial charge in [-0.05, 0) is 31.0 Å². The van der Waals surface area contributed by atoms with Gasteiger partial charge in [0.1, 0.15) is 0 Å². The normalized spacial score (nSPS) is 12.2. The molecule has 0 aliphatic carbocycles. The third kappa shape index (κ3) is 3.22. The Kier molecular flexibility index (Phi) is 4.00.